The summed E-state index contributed by atoms with van der Waals surface area (Å²) < 4.78 is 21.8. The predicted octanol–water partition coefficient (Wildman–Crippen LogP) is 5.14. The average molecular weight is 528 g/mol. The van der Waals surface area contributed by atoms with E-state index < -0.39 is 0 Å². The number of para-hydroxylation sites is 1. The van der Waals surface area contributed by atoms with E-state index in [2.05, 4.69) is 15.2 Å². The number of nitrogens with one attached hydrogen (secondary N) is 1. The Morgan fingerprint density at radius 1 is 1.06 bits per heavy atom. The minimum absolute atomic E-state index is 0.0588. The summed E-state index contributed by atoms with van der Waals surface area (Å²) in [7, 11) is 0. The van der Waals surface area contributed by atoms with Crippen LogP contribution in [0.4, 0.5) is 10.3 Å². The zero-order chi connectivity index (χ0) is 24.8. The van der Waals surface area contributed by atoms with E-state index >= 15 is 0 Å². The number of carbonyl (C=O) groups excluding carboxylic acids is 1. The number of aromatic nitrogens is 3. The number of nitrogens with zero attached hydrogens (tertiary/aromatic N) is 4. The normalized spacial score (nSPS) is 18.9. The first-order valence-electron chi connectivity index (χ1n) is 12.0. The van der Waals surface area contributed by atoms with Crippen molar-refractivity contribution in [1.82, 2.24) is 19.9 Å². The maximum atomic E-state index is 14.6. The number of carbonyl (C=O) groups is 1. The van der Waals surface area contributed by atoms with Gasteiger partial charge < -0.3 is 15.0 Å². The van der Waals surface area contributed by atoms with Gasteiger partial charge in [-0.2, -0.15) is 0 Å². The third-order valence-corrected chi connectivity index (χ3v) is 7.71. The fourth-order valence-corrected chi connectivity index (χ4v) is 5.35. The number of ether oxygens (including phenoxy) is 1. The molecule has 1 unspecified atom stereocenters. The van der Waals surface area contributed by atoms with Gasteiger partial charge in [0.1, 0.15) is 17.2 Å². The Bertz CT molecular complexity index is 1460. The Labute approximate surface area is 217 Å². The van der Waals surface area contributed by atoms with Gasteiger partial charge in [-0.1, -0.05) is 35.3 Å². The molecule has 2 saturated heterocycles. The van der Waals surface area contributed by atoms with E-state index in [-0.39, 0.29) is 29.2 Å². The number of amides is 1. The topological polar surface area (TPSA) is 72.3 Å². The molecule has 0 spiro atoms. The summed E-state index contributed by atoms with van der Waals surface area (Å²) >= 11 is 12.7. The van der Waals surface area contributed by atoms with Gasteiger partial charge in [-0.25, -0.2) is 14.4 Å². The van der Waals surface area contributed by atoms with Crippen LogP contribution < -0.4 is 10.2 Å². The highest BCUT2D eigenvalue weighted by Gasteiger charge is 2.30. The number of anilines is 1. The van der Waals surface area contributed by atoms with Gasteiger partial charge in [-0.05, 0) is 49.6 Å². The molecule has 2 aliphatic rings. The summed E-state index contributed by atoms with van der Waals surface area (Å²) in [6, 6.07) is 12.2. The first kappa shape index (κ1) is 23.5. The van der Waals surface area contributed by atoms with Crippen LogP contribution in [0, 0.1) is 11.7 Å². The molecule has 2 fully saturated rings. The van der Waals surface area contributed by atoms with Crippen LogP contribution in [0.1, 0.15) is 19.3 Å². The van der Waals surface area contributed by atoms with Crippen molar-refractivity contribution < 1.29 is 13.9 Å². The zero-order valence-electron chi connectivity index (χ0n) is 19.4. The molecule has 1 N–H and O–H groups in total. The van der Waals surface area contributed by atoms with Crippen LogP contribution in [0.25, 0.3) is 27.8 Å². The highest BCUT2D eigenvalue weighted by molar-refractivity contribution is 6.42. The molecule has 2 aromatic carbocycles. The smallest absolute Gasteiger partial charge is 0.223 e. The van der Waals surface area contributed by atoms with E-state index in [1.165, 1.54) is 6.07 Å². The van der Waals surface area contributed by atoms with Crippen molar-refractivity contribution in [2.45, 2.75) is 25.3 Å². The molecule has 186 valence electrons. The van der Waals surface area contributed by atoms with Crippen LogP contribution in [0.2, 0.25) is 10.0 Å². The van der Waals surface area contributed by atoms with Crippen LogP contribution in [-0.4, -0.2) is 52.8 Å². The summed E-state index contributed by atoms with van der Waals surface area (Å²) in [4.78, 5) is 24.4. The van der Waals surface area contributed by atoms with Crippen molar-refractivity contribution in [1.29, 1.82) is 0 Å². The summed E-state index contributed by atoms with van der Waals surface area (Å²) in [5.41, 5.74) is 1.67. The third kappa shape index (κ3) is 4.27. The summed E-state index contributed by atoms with van der Waals surface area (Å²) in [6.07, 6.45) is 2.26. The molecule has 36 heavy (non-hydrogen) atoms. The second kappa shape index (κ2) is 9.50. The number of pyridine rings is 1. The third-order valence-electron chi connectivity index (χ3n) is 6.99. The Morgan fingerprint density at radius 3 is 2.64 bits per heavy atom. The number of benzene rings is 2. The highest BCUT2D eigenvalue weighted by Crippen LogP contribution is 2.34. The minimum atomic E-state index is -0.388. The lowest BCUT2D eigenvalue weighted by Gasteiger charge is -2.32. The van der Waals surface area contributed by atoms with Crippen LogP contribution in [0.5, 0.6) is 0 Å². The SMILES string of the molecule is O=C(NC1CCOC1)C1CCN(c2nc3cc(Cl)c(Cl)cc3n2-c2ccc3cccc(F)c3n2)CC1. The van der Waals surface area contributed by atoms with Gasteiger partial charge in [0.25, 0.3) is 0 Å². The van der Waals surface area contributed by atoms with Crippen molar-refractivity contribution in [3.8, 4) is 5.82 Å². The lowest BCUT2D eigenvalue weighted by atomic mass is 9.95. The lowest BCUT2D eigenvalue weighted by Crippen LogP contribution is -2.44. The molecule has 7 nitrogen and oxygen atoms in total. The number of rotatable bonds is 4. The molecule has 2 aromatic heterocycles. The molecule has 2 aliphatic heterocycles. The van der Waals surface area contributed by atoms with E-state index in [0.717, 1.165) is 11.9 Å². The molecule has 4 aromatic rings. The fourth-order valence-electron chi connectivity index (χ4n) is 5.03. The van der Waals surface area contributed by atoms with Crippen LogP contribution in [-0.2, 0) is 9.53 Å². The van der Waals surface area contributed by atoms with Crippen molar-refractivity contribution in [3.05, 3.63) is 58.3 Å². The second-order valence-electron chi connectivity index (χ2n) is 9.31. The summed E-state index contributed by atoms with van der Waals surface area (Å²) in [5, 5.41) is 4.64. The lowest BCUT2D eigenvalue weighted by molar-refractivity contribution is -0.126. The molecule has 0 aliphatic carbocycles. The predicted molar refractivity (Wildman–Crippen MR) is 139 cm³/mol. The van der Waals surface area contributed by atoms with Gasteiger partial charge in [-0.15, -0.1) is 0 Å². The molecule has 6 rings (SSSR count). The number of imidazole rings is 1. The van der Waals surface area contributed by atoms with Gasteiger partial charge >= 0.3 is 0 Å². The van der Waals surface area contributed by atoms with Crippen molar-refractivity contribution in [3.63, 3.8) is 0 Å². The molecular weight excluding hydrogens is 504 g/mol. The molecule has 10 heteroatoms. The van der Waals surface area contributed by atoms with Crippen LogP contribution in [0.3, 0.4) is 0 Å². The maximum Gasteiger partial charge on any atom is 0.223 e. The van der Waals surface area contributed by atoms with Crippen molar-refractivity contribution >= 4 is 57.0 Å². The maximum absolute atomic E-state index is 14.6. The van der Waals surface area contributed by atoms with E-state index in [0.29, 0.717) is 71.9 Å². The fraction of sp³-hybridized carbons (Fsp3) is 0.346. The Morgan fingerprint density at radius 2 is 1.86 bits per heavy atom. The quantitative estimate of drug-likeness (QED) is 0.397. The first-order valence-corrected chi connectivity index (χ1v) is 12.8. The van der Waals surface area contributed by atoms with E-state index in [1.807, 2.05) is 22.8 Å². The molecule has 0 bridgehead atoms. The Balaban J connectivity index is 1.35. The van der Waals surface area contributed by atoms with E-state index in [9.17, 15) is 9.18 Å². The van der Waals surface area contributed by atoms with Crippen molar-refractivity contribution in [2.75, 3.05) is 31.2 Å². The minimum Gasteiger partial charge on any atom is -0.379 e. The molecule has 0 radical (unpaired) electrons. The second-order valence-corrected chi connectivity index (χ2v) is 10.1. The number of hydrogen-bond acceptors (Lipinski definition) is 5. The van der Waals surface area contributed by atoms with Crippen molar-refractivity contribution in [2.24, 2.45) is 5.92 Å². The van der Waals surface area contributed by atoms with Crippen LogP contribution in [0.15, 0.2) is 42.5 Å². The first-order chi connectivity index (χ1) is 17.5. The Kier molecular flexibility index (Phi) is 6.19. The number of halogens is 3. The van der Waals surface area contributed by atoms with Gasteiger partial charge in [0.15, 0.2) is 0 Å². The standard InChI is InChI=1S/C26H24Cl2FN5O2/c27-18-12-21-22(13-19(18)28)34(23-5-4-15-2-1-3-20(29)24(15)32-23)26(31-21)33-9-6-16(7-10-33)25(35)30-17-8-11-36-14-17/h1-5,12-13,16-17H,6-11,14H2,(H,30,35). The number of fused-ring (bicyclic) bond motifs is 2. The highest BCUT2D eigenvalue weighted by atomic mass is 35.5. The summed E-state index contributed by atoms with van der Waals surface area (Å²) in [6.45, 7) is 2.57. The van der Waals surface area contributed by atoms with Gasteiger partial charge in [0.2, 0.25) is 11.9 Å². The zero-order valence-corrected chi connectivity index (χ0v) is 20.9. The molecule has 1 amide bonds. The largest absolute Gasteiger partial charge is 0.379 e. The number of piperidine rings is 1. The average Bonchev–Trinajstić information content (AvgIpc) is 3.52. The molecule has 0 saturated carbocycles. The Hall–Kier alpha value is -2.94. The van der Waals surface area contributed by atoms with E-state index in [1.54, 1.807) is 18.2 Å². The van der Waals surface area contributed by atoms with E-state index in [4.69, 9.17) is 32.9 Å². The number of hydrogen-bond donors (Lipinski definition) is 1. The van der Waals surface area contributed by atoms with Gasteiger partial charge in [0, 0.05) is 31.0 Å². The molecule has 1 atom stereocenters. The van der Waals surface area contributed by atoms with Gasteiger partial charge in [0.05, 0.1) is 33.7 Å². The summed E-state index contributed by atoms with van der Waals surface area (Å²) in [5.74, 6) is 0.834. The molecule has 4 heterocycles. The monoisotopic (exact) mass is 527 g/mol. The molecular formula is C26H24Cl2FN5O2. The van der Waals surface area contributed by atoms with Gasteiger partial charge in [-0.3, -0.25) is 9.36 Å². The van der Waals surface area contributed by atoms with Crippen LogP contribution >= 0.6 is 23.2 Å².